The number of amides is 3. The smallest absolute Gasteiger partial charge is 0.247 e. The maximum absolute atomic E-state index is 14.7. The molecule has 0 aromatic heterocycles. The van der Waals surface area contributed by atoms with Gasteiger partial charge in [0.1, 0.15) is 6.04 Å². The molecule has 4 aromatic rings. The molecule has 0 unspecified atom stereocenters. The van der Waals surface area contributed by atoms with Crippen LogP contribution in [0.3, 0.4) is 0 Å². The van der Waals surface area contributed by atoms with Crippen LogP contribution in [-0.2, 0) is 33.9 Å². The highest BCUT2D eigenvalue weighted by Crippen LogP contribution is 2.23. The Balaban J connectivity index is 1.21. The van der Waals surface area contributed by atoms with Crippen LogP contribution >= 0.6 is 0 Å². The van der Waals surface area contributed by atoms with Crippen LogP contribution in [-0.4, -0.2) is 110 Å². The Morgan fingerprint density at radius 2 is 1.25 bits per heavy atom. The molecule has 2 saturated heterocycles. The number of carbonyl (C=O) groups excluding carboxylic acids is 3. The van der Waals surface area contributed by atoms with E-state index in [4.69, 9.17) is 0 Å². The quantitative estimate of drug-likeness (QED) is 0.183. The third kappa shape index (κ3) is 10.1. The van der Waals surface area contributed by atoms with E-state index in [1.54, 1.807) is 17.9 Å². The van der Waals surface area contributed by atoms with Crippen molar-refractivity contribution in [2.75, 3.05) is 76.3 Å². The van der Waals surface area contributed by atoms with E-state index in [0.717, 1.165) is 55.1 Å². The summed E-state index contributed by atoms with van der Waals surface area (Å²) in [5, 5.41) is 0. The summed E-state index contributed by atoms with van der Waals surface area (Å²) in [6, 6.07) is 36.0. The van der Waals surface area contributed by atoms with Gasteiger partial charge in [0.15, 0.2) is 0 Å². The molecule has 0 bridgehead atoms. The molecule has 0 spiro atoms. The predicted molar refractivity (Wildman–Crippen MR) is 213 cm³/mol. The Labute approximate surface area is 314 Å². The van der Waals surface area contributed by atoms with Crippen molar-refractivity contribution in [2.45, 2.75) is 32.5 Å². The zero-order chi connectivity index (χ0) is 37.2. The van der Waals surface area contributed by atoms with Gasteiger partial charge in [-0.2, -0.15) is 0 Å². The first-order valence-corrected chi connectivity index (χ1v) is 18.7. The highest BCUT2D eigenvalue weighted by atomic mass is 16.2. The second-order valence-electron chi connectivity index (χ2n) is 14.2. The lowest BCUT2D eigenvalue weighted by Gasteiger charge is -2.39. The largest absolute Gasteiger partial charge is 0.378 e. The van der Waals surface area contributed by atoms with Crippen molar-refractivity contribution in [3.8, 4) is 0 Å². The van der Waals surface area contributed by atoms with Crippen LogP contribution in [0.4, 0.5) is 11.4 Å². The SMILES string of the molecule is CC(=O)N1CCN(c2ccc(CN(C(=O)/C=C/c3ccccc3)[C@@H](Cc3ccccc3)C(=O)N3CCN(Cc4ccc(N(C)C)cc4)CC3)cc2)CC1. The number of rotatable bonds is 12. The Hall–Kier alpha value is -5.41. The fourth-order valence-corrected chi connectivity index (χ4v) is 7.12. The Morgan fingerprint density at radius 3 is 1.85 bits per heavy atom. The van der Waals surface area contributed by atoms with E-state index >= 15 is 0 Å². The maximum Gasteiger partial charge on any atom is 0.247 e. The summed E-state index contributed by atoms with van der Waals surface area (Å²) in [5.74, 6) is -0.115. The molecule has 9 heteroatoms. The summed E-state index contributed by atoms with van der Waals surface area (Å²) in [7, 11) is 4.09. The molecule has 1 atom stereocenters. The van der Waals surface area contributed by atoms with Crippen molar-refractivity contribution < 1.29 is 14.4 Å². The van der Waals surface area contributed by atoms with Gasteiger partial charge >= 0.3 is 0 Å². The standard InChI is InChI=1S/C44H52N6O3/c1-35(51)47-28-30-48(31-29-47)41-21-16-39(17-22-41)34-50(43(52)23-18-36-10-6-4-7-11-36)42(32-37-12-8-5-9-13-37)44(53)49-26-24-46(25-27-49)33-38-14-19-40(20-15-38)45(2)3/h4-23,42H,24-34H2,1-3H3/b23-18+/t42-/m0/s1. The Kier molecular flexibility index (Phi) is 12.6. The van der Waals surface area contributed by atoms with Gasteiger partial charge < -0.3 is 24.5 Å². The lowest BCUT2D eigenvalue weighted by atomic mass is 10.0. The first-order valence-electron chi connectivity index (χ1n) is 18.7. The van der Waals surface area contributed by atoms with Crippen LogP contribution in [0.5, 0.6) is 0 Å². The number of nitrogens with zero attached hydrogens (tertiary/aromatic N) is 6. The van der Waals surface area contributed by atoms with E-state index < -0.39 is 6.04 Å². The number of anilines is 2. The fourth-order valence-electron chi connectivity index (χ4n) is 7.12. The zero-order valence-corrected chi connectivity index (χ0v) is 31.3. The van der Waals surface area contributed by atoms with Gasteiger partial charge in [-0.05, 0) is 52.6 Å². The summed E-state index contributed by atoms with van der Waals surface area (Å²) in [6.45, 7) is 8.45. The number of hydrogen-bond donors (Lipinski definition) is 0. The molecule has 2 fully saturated rings. The lowest BCUT2D eigenvalue weighted by Crippen LogP contribution is -2.56. The summed E-state index contributed by atoms with van der Waals surface area (Å²) in [6.07, 6.45) is 3.84. The molecule has 2 heterocycles. The van der Waals surface area contributed by atoms with Gasteiger partial charge in [0.05, 0.1) is 0 Å². The molecule has 4 aromatic carbocycles. The summed E-state index contributed by atoms with van der Waals surface area (Å²) in [5.41, 5.74) is 6.40. The maximum atomic E-state index is 14.7. The molecule has 0 saturated carbocycles. The van der Waals surface area contributed by atoms with Crippen LogP contribution in [0.25, 0.3) is 6.08 Å². The number of piperazine rings is 2. The third-order valence-corrected chi connectivity index (χ3v) is 10.4. The molecule has 2 aliphatic rings. The van der Waals surface area contributed by atoms with Gasteiger partial charge in [-0.1, -0.05) is 84.9 Å². The molecular formula is C44H52N6O3. The predicted octanol–water partition coefficient (Wildman–Crippen LogP) is 5.42. The first kappa shape index (κ1) is 37.4. The van der Waals surface area contributed by atoms with E-state index in [0.29, 0.717) is 39.1 Å². The average Bonchev–Trinajstić information content (AvgIpc) is 3.19. The van der Waals surface area contributed by atoms with Crippen LogP contribution in [0, 0.1) is 0 Å². The van der Waals surface area contributed by atoms with Crippen molar-refractivity contribution in [3.63, 3.8) is 0 Å². The molecule has 2 aliphatic heterocycles. The van der Waals surface area contributed by atoms with Crippen LogP contribution in [0.1, 0.15) is 29.2 Å². The normalized spacial score (nSPS) is 15.7. The van der Waals surface area contributed by atoms with E-state index in [-0.39, 0.29) is 17.7 Å². The minimum atomic E-state index is -0.685. The monoisotopic (exact) mass is 712 g/mol. The van der Waals surface area contributed by atoms with E-state index in [9.17, 15) is 14.4 Å². The molecule has 53 heavy (non-hydrogen) atoms. The Morgan fingerprint density at radius 1 is 0.660 bits per heavy atom. The van der Waals surface area contributed by atoms with Crippen LogP contribution in [0.2, 0.25) is 0 Å². The van der Waals surface area contributed by atoms with Crippen LogP contribution in [0.15, 0.2) is 115 Å². The molecular weight excluding hydrogens is 661 g/mol. The second kappa shape index (κ2) is 17.9. The van der Waals surface area contributed by atoms with Gasteiger partial charge in [-0.15, -0.1) is 0 Å². The van der Waals surface area contributed by atoms with Crippen molar-refractivity contribution in [3.05, 3.63) is 138 Å². The minimum Gasteiger partial charge on any atom is -0.378 e. The third-order valence-electron chi connectivity index (χ3n) is 10.4. The topological polar surface area (TPSA) is 70.6 Å². The van der Waals surface area contributed by atoms with Gasteiger partial charge in [-0.25, -0.2) is 0 Å². The number of benzene rings is 4. The van der Waals surface area contributed by atoms with Crippen molar-refractivity contribution in [1.29, 1.82) is 0 Å². The van der Waals surface area contributed by atoms with Crippen molar-refractivity contribution in [1.82, 2.24) is 19.6 Å². The molecule has 276 valence electrons. The molecule has 9 nitrogen and oxygen atoms in total. The van der Waals surface area contributed by atoms with E-state index in [2.05, 4.69) is 63.2 Å². The first-order chi connectivity index (χ1) is 25.7. The van der Waals surface area contributed by atoms with Gasteiger partial charge in [0.2, 0.25) is 17.7 Å². The number of hydrogen-bond acceptors (Lipinski definition) is 6. The van der Waals surface area contributed by atoms with Crippen molar-refractivity contribution in [2.24, 2.45) is 0 Å². The molecule has 0 radical (unpaired) electrons. The fraction of sp³-hybridized carbons (Fsp3) is 0.341. The van der Waals surface area contributed by atoms with Gasteiger partial charge in [0.25, 0.3) is 0 Å². The lowest BCUT2D eigenvalue weighted by molar-refractivity contribution is -0.145. The molecule has 0 aliphatic carbocycles. The van der Waals surface area contributed by atoms with Crippen LogP contribution < -0.4 is 9.80 Å². The molecule has 0 N–H and O–H groups in total. The Bertz CT molecular complexity index is 1810. The minimum absolute atomic E-state index is 0.0229. The summed E-state index contributed by atoms with van der Waals surface area (Å²) in [4.78, 5) is 53.1. The van der Waals surface area contributed by atoms with E-state index in [1.807, 2.05) is 90.6 Å². The van der Waals surface area contributed by atoms with Crippen molar-refractivity contribution >= 4 is 35.2 Å². The van der Waals surface area contributed by atoms with Gasteiger partial charge in [-0.3, -0.25) is 19.3 Å². The zero-order valence-electron chi connectivity index (χ0n) is 31.3. The summed E-state index contributed by atoms with van der Waals surface area (Å²) >= 11 is 0. The van der Waals surface area contributed by atoms with E-state index in [1.165, 1.54) is 11.3 Å². The highest BCUT2D eigenvalue weighted by Gasteiger charge is 2.34. The molecule has 3 amide bonds. The summed E-state index contributed by atoms with van der Waals surface area (Å²) < 4.78 is 0. The van der Waals surface area contributed by atoms with Gasteiger partial charge in [0, 0.05) is 110 Å². The second-order valence-corrected chi connectivity index (χ2v) is 14.2. The molecule has 6 rings (SSSR count). The number of carbonyl (C=O) groups is 3. The highest BCUT2D eigenvalue weighted by molar-refractivity contribution is 5.95. The average molecular weight is 713 g/mol.